The van der Waals surface area contributed by atoms with Gasteiger partial charge in [-0.2, -0.15) is 0 Å². The van der Waals surface area contributed by atoms with Gasteiger partial charge in [-0.3, -0.25) is 0 Å². The van der Waals surface area contributed by atoms with Crippen LogP contribution in [-0.2, 0) is 6.42 Å². The van der Waals surface area contributed by atoms with Gasteiger partial charge < -0.3 is 5.11 Å². The summed E-state index contributed by atoms with van der Waals surface area (Å²) in [6.45, 7) is 0. The molecule has 0 aliphatic heterocycles. The van der Waals surface area contributed by atoms with E-state index in [2.05, 4.69) is 9.59 Å². The van der Waals surface area contributed by atoms with Crippen molar-refractivity contribution >= 4 is 23.1 Å². The van der Waals surface area contributed by atoms with Gasteiger partial charge in [-0.1, -0.05) is 22.2 Å². The molecule has 1 atom stereocenters. The SMILES string of the molecule is OC(Cc1ccc(Cl)cc1F)c1cnns1. The summed E-state index contributed by atoms with van der Waals surface area (Å²) in [5.41, 5.74) is 0.422. The molecule has 0 spiro atoms. The topological polar surface area (TPSA) is 46.0 Å². The van der Waals surface area contributed by atoms with Crippen LogP contribution in [0.3, 0.4) is 0 Å². The molecule has 1 N–H and O–H groups in total. The van der Waals surface area contributed by atoms with E-state index in [9.17, 15) is 9.50 Å². The second-order valence-corrected chi connectivity index (χ2v) is 4.53. The van der Waals surface area contributed by atoms with E-state index in [0.717, 1.165) is 11.5 Å². The first-order chi connectivity index (χ1) is 7.66. The maximum atomic E-state index is 13.4. The zero-order chi connectivity index (χ0) is 11.5. The Morgan fingerprint density at radius 1 is 1.50 bits per heavy atom. The molecule has 0 aliphatic rings. The molecule has 6 heteroatoms. The molecule has 0 saturated carbocycles. The van der Waals surface area contributed by atoms with Crippen LogP contribution in [0.1, 0.15) is 16.5 Å². The molecule has 84 valence electrons. The van der Waals surface area contributed by atoms with E-state index in [1.54, 1.807) is 12.1 Å². The molecule has 1 heterocycles. The number of nitrogens with zero attached hydrogens (tertiary/aromatic N) is 2. The maximum Gasteiger partial charge on any atom is 0.127 e. The summed E-state index contributed by atoms with van der Waals surface area (Å²) < 4.78 is 17.1. The van der Waals surface area contributed by atoms with Crippen molar-refractivity contribution in [1.29, 1.82) is 0 Å². The third-order valence-electron chi connectivity index (χ3n) is 2.14. The first-order valence-corrected chi connectivity index (χ1v) is 5.71. The molecule has 2 rings (SSSR count). The van der Waals surface area contributed by atoms with Crippen molar-refractivity contribution in [2.24, 2.45) is 0 Å². The van der Waals surface area contributed by atoms with E-state index in [4.69, 9.17) is 11.6 Å². The molecular weight excluding hydrogens is 251 g/mol. The number of aromatic nitrogens is 2. The summed E-state index contributed by atoms with van der Waals surface area (Å²) in [6.07, 6.45) is 0.881. The molecule has 1 aromatic heterocycles. The Morgan fingerprint density at radius 2 is 2.31 bits per heavy atom. The molecular formula is C10H8ClFN2OS. The molecule has 0 bridgehead atoms. The fourth-order valence-corrected chi connectivity index (χ4v) is 1.96. The van der Waals surface area contributed by atoms with Crippen molar-refractivity contribution in [3.63, 3.8) is 0 Å². The summed E-state index contributed by atoms with van der Waals surface area (Å²) in [5, 5.41) is 13.7. The molecule has 2 aromatic rings. The standard InChI is InChI=1S/C10H8ClFN2OS/c11-7-2-1-6(8(12)4-7)3-9(15)10-5-13-14-16-10/h1-2,4-5,9,15H,3H2. The molecule has 0 radical (unpaired) electrons. The summed E-state index contributed by atoms with van der Waals surface area (Å²) in [6, 6.07) is 4.39. The predicted molar refractivity (Wildman–Crippen MR) is 60.0 cm³/mol. The van der Waals surface area contributed by atoms with Crippen molar-refractivity contribution in [3.8, 4) is 0 Å². The summed E-state index contributed by atoms with van der Waals surface area (Å²) in [7, 11) is 0. The zero-order valence-corrected chi connectivity index (χ0v) is 9.67. The molecule has 0 amide bonds. The Hall–Kier alpha value is -1.04. The Morgan fingerprint density at radius 3 is 2.94 bits per heavy atom. The minimum absolute atomic E-state index is 0.187. The number of halogens is 2. The number of hydrogen-bond donors (Lipinski definition) is 1. The third kappa shape index (κ3) is 2.55. The molecule has 16 heavy (non-hydrogen) atoms. The molecule has 3 nitrogen and oxygen atoms in total. The number of aliphatic hydroxyl groups is 1. The average Bonchev–Trinajstić information content (AvgIpc) is 2.75. The van der Waals surface area contributed by atoms with Gasteiger partial charge in [0.2, 0.25) is 0 Å². The maximum absolute atomic E-state index is 13.4. The third-order valence-corrected chi connectivity index (χ3v) is 3.13. The van der Waals surface area contributed by atoms with Gasteiger partial charge in [0.1, 0.15) is 5.82 Å². The number of rotatable bonds is 3. The first-order valence-electron chi connectivity index (χ1n) is 4.56. The van der Waals surface area contributed by atoms with Gasteiger partial charge in [-0.05, 0) is 29.2 Å². The number of aliphatic hydroxyl groups excluding tert-OH is 1. The number of benzene rings is 1. The molecule has 0 saturated heterocycles. The van der Waals surface area contributed by atoms with Gasteiger partial charge in [0.15, 0.2) is 0 Å². The highest BCUT2D eigenvalue weighted by atomic mass is 35.5. The monoisotopic (exact) mass is 258 g/mol. The van der Waals surface area contributed by atoms with Crippen LogP contribution in [-0.4, -0.2) is 14.7 Å². The van der Waals surface area contributed by atoms with Gasteiger partial charge in [0, 0.05) is 11.4 Å². The fraction of sp³-hybridized carbons (Fsp3) is 0.200. The van der Waals surface area contributed by atoms with Gasteiger partial charge in [0.25, 0.3) is 0 Å². The smallest absolute Gasteiger partial charge is 0.127 e. The van der Waals surface area contributed by atoms with E-state index in [0.29, 0.717) is 15.5 Å². The van der Waals surface area contributed by atoms with Crippen LogP contribution in [0.5, 0.6) is 0 Å². The van der Waals surface area contributed by atoms with Crippen LogP contribution in [0.15, 0.2) is 24.4 Å². The van der Waals surface area contributed by atoms with Crippen LogP contribution in [0.2, 0.25) is 5.02 Å². The summed E-state index contributed by atoms with van der Waals surface area (Å²) in [5.74, 6) is -0.413. The molecule has 0 fully saturated rings. The van der Waals surface area contributed by atoms with Crippen LogP contribution in [0.25, 0.3) is 0 Å². The van der Waals surface area contributed by atoms with Crippen molar-refractivity contribution < 1.29 is 9.50 Å². The summed E-state index contributed by atoms with van der Waals surface area (Å²) >= 11 is 6.73. The zero-order valence-electron chi connectivity index (χ0n) is 8.10. The predicted octanol–water partition coefficient (Wildman–Crippen LogP) is 2.61. The van der Waals surface area contributed by atoms with Crippen LogP contribution < -0.4 is 0 Å². The molecule has 1 aromatic carbocycles. The quantitative estimate of drug-likeness (QED) is 0.921. The lowest BCUT2D eigenvalue weighted by molar-refractivity contribution is 0.180. The van der Waals surface area contributed by atoms with Crippen LogP contribution in [0, 0.1) is 5.82 Å². The lowest BCUT2D eigenvalue weighted by Gasteiger charge is -2.08. The molecule has 0 aliphatic carbocycles. The highest BCUT2D eigenvalue weighted by Gasteiger charge is 2.13. The van der Waals surface area contributed by atoms with Gasteiger partial charge in [0.05, 0.1) is 17.2 Å². The Balaban J connectivity index is 2.15. The average molecular weight is 259 g/mol. The van der Waals surface area contributed by atoms with Gasteiger partial charge in [-0.25, -0.2) is 4.39 Å². The van der Waals surface area contributed by atoms with Crippen LogP contribution in [0.4, 0.5) is 4.39 Å². The normalized spacial score (nSPS) is 12.7. The largest absolute Gasteiger partial charge is 0.387 e. The highest BCUT2D eigenvalue weighted by Crippen LogP contribution is 2.23. The second kappa shape index (κ2) is 4.86. The Labute approximate surface area is 101 Å². The first kappa shape index (κ1) is 11.4. The van der Waals surface area contributed by atoms with Crippen LogP contribution >= 0.6 is 23.1 Å². The van der Waals surface area contributed by atoms with Crippen molar-refractivity contribution in [3.05, 3.63) is 45.7 Å². The van der Waals surface area contributed by atoms with E-state index >= 15 is 0 Å². The lowest BCUT2D eigenvalue weighted by Crippen LogP contribution is -2.01. The van der Waals surface area contributed by atoms with E-state index in [1.165, 1.54) is 12.3 Å². The van der Waals surface area contributed by atoms with E-state index < -0.39 is 11.9 Å². The second-order valence-electron chi connectivity index (χ2n) is 3.28. The molecule has 1 unspecified atom stereocenters. The lowest BCUT2D eigenvalue weighted by atomic mass is 10.1. The van der Waals surface area contributed by atoms with Gasteiger partial charge >= 0.3 is 0 Å². The van der Waals surface area contributed by atoms with E-state index in [1.807, 2.05) is 0 Å². The van der Waals surface area contributed by atoms with Crippen molar-refractivity contribution in [2.75, 3.05) is 0 Å². The van der Waals surface area contributed by atoms with E-state index in [-0.39, 0.29) is 6.42 Å². The fourth-order valence-electron chi connectivity index (χ4n) is 1.32. The minimum atomic E-state index is -0.782. The van der Waals surface area contributed by atoms with Gasteiger partial charge in [-0.15, -0.1) is 5.10 Å². The van der Waals surface area contributed by atoms with Crippen molar-refractivity contribution in [1.82, 2.24) is 9.59 Å². The van der Waals surface area contributed by atoms with Crippen molar-refractivity contribution in [2.45, 2.75) is 12.5 Å². The Kier molecular flexibility index (Phi) is 3.48. The highest BCUT2D eigenvalue weighted by molar-refractivity contribution is 7.05. The summed E-state index contributed by atoms with van der Waals surface area (Å²) in [4.78, 5) is 0.620. The number of hydrogen-bond acceptors (Lipinski definition) is 4. The minimum Gasteiger partial charge on any atom is -0.387 e. The Bertz CT molecular complexity index is 478.